The minimum atomic E-state index is -1.02. The lowest BCUT2D eigenvalue weighted by Gasteiger charge is -2.06. The highest BCUT2D eigenvalue weighted by Crippen LogP contribution is 2.25. The number of alkyl halides is 1. The van der Waals surface area contributed by atoms with E-state index in [2.05, 4.69) is 31.9 Å². The minimum Gasteiger partial charge on any atom is -0.478 e. The number of carbonyl (C=O) groups is 1. The molecular formula is C9H5Br2NO2. The van der Waals surface area contributed by atoms with Crippen molar-refractivity contribution in [3.63, 3.8) is 0 Å². The SMILES string of the molecule is N#Cc1c(Br)ccc(C(=O)O)c1CBr. The Morgan fingerprint density at radius 2 is 2.21 bits per heavy atom. The molecule has 5 heteroatoms. The first kappa shape index (κ1) is 11.2. The first-order valence-corrected chi connectivity index (χ1v) is 5.54. The molecule has 0 atom stereocenters. The van der Waals surface area contributed by atoms with Gasteiger partial charge >= 0.3 is 5.97 Å². The van der Waals surface area contributed by atoms with E-state index in [1.54, 1.807) is 6.07 Å². The average molecular weight is 319 g/mol. The number of rotatable bonds is 2. The average Bonchev–Trinajstić information content (AvgIpc) is 2.16. The number of carboxylic acid groups (broad SMARTS) is 1. The third-order valence-electron chi connectivity index (χ3n) is 1.74. The predicted molar refractivity (Wildman–Crippen MR) is 58.4 cm³/mol. The van der Waals surface area contributed by atoms with Gasteiger partial charge in [0, 0.05) is 9.80 Å². The van der Waals surface area contributed by atoms with Crippen LogP contribution in [0, 0.1) is 11.3 Å². The molecule has 0 saturated carbocycles. The van der Waals surface area contributed by atoms with Crippen LogP contribution in [-0.4, -0.2) is 11.1 Å². The molecule has 1 rings (SSSR count). The second kappa shape index (κ2) is 4.58. The van der Waals surface area contributed by atoms with Crippen molar-refractivity contribution in [2.45, 2.75) is 5.33 Å². The second-order valence-corrected chi connectivity index (χ2v) is 3.91. The maximum absolute atomic E-state index is 10.8. The monoisotopic (exact) mass is 317 g/mol. The van der Waals surface area contributed by atoms with Crippen molar-refractivity contribution in [1.82, 2.24) is 0 Å². The van der Waals surface area contributed by atoms with Gasteiger partial charge < -0.3 is 5.11 Å². The van der Waals surface area contributed by atoms with Crippen molar-refractivity contribution in [3.8, 4) is 6.07 Å². The lowest BCUT2D eigenvalue weighted by Crippen LogP contribution is -2.03. The molecule has 0 aromatic heterocycles. The molecule has 0 unspecified atom stereocenters. The molecule has 0 bridgehead atoms. The molecule has 0 heterocycles. The van der Waals surface area contributed by atoms with Gasteiger partial charge in [0.15, 0.2) is 0 Å². The van der Waals surface area contributed by atoms with Crippen molar-refractivity contribution in [2.24, 2.45) is 0 Å². The highest BCUT2D eigenvalue weighted by molar-refractivity contribution is 9.10. The molecule has 1 N–H and O–H groups in total. The third kappa shape index (κ3) is 1.97. The Balaban J connectivity index is 3.50. The summed E-state index contributed by atoms with van der Waals surface area (Å²) in [7, 11) is 0. The van der Waals surface area contributed by atoms with E-state index < -0.39 is 5.97 Å². The van der Waals surface area contributed by atoms with Crippen molar-refractivity contribution >= 4 is 37.8 Å². The van der Waals surface area contributed by atoms with E-state index in [-0.39, 0.29) is 5.56 Å². The van der Waals surface area contributed by atoms with Crippen LogP contribution in [0.5, 0.6) is 0 Å². The van der Waals surface area contributed by atoms with Crippen LogP contribution in [0.3, 0.4) is 0 Å². The summed E-state index contributed by atoms with van der Waals surface area (Å²) in [4.78, 5) is 10.8. The Hall–Kier alpha value is -0.860. The zero-order chi connectivity index (χ0) is 10.7. The molecule has 0 amide bonds. The van der Waals surface area contributed by atoms with Gasteiger partial charge in [0.2, 0.25) is 0 Å². The van der Waals surface area contributed by atoms with E-state index in [0.29, 0.717) is 20.9 Å². The molecule has 14 heavy (non-hydrogen) atoms. The van der Waals surface area contributed by atoms with Gasteiger partial charge in [0.25, 0.3) is 0 Å². The number of hydrogen-bond donors (Lipinski definition) is 1. The lowest BCUT2D eigenvalue weighted by molar-refractivity contribution is 0.0696. The number of nitriles is 1. The van der Waals surface area contributed by atoms with Crippen LogP contribution in [0.1, 0.15) is 21.5 Å². The summed E-state index contributed by atoms with van der Waals surface area (Å²) in [5.74, 6) is -1.02. The molecule has 1 aromatic rings. The fourth-order valence-electron chi connectivity index (χ4n) is 1.08. The van der Waals surface area contributed by atoms with Gasteiger partial charge in [-0.3, -0.25) is 0 Å². The Morgan fingerprint density at radius 1 is 1.57 bits per heavy atom. The molecular weight excluding hydrogens is 314 g/mol. The van der Waals surface area contributed by atoms with Gasteiger partial charge in [0.05, 0.1) is 11.1 Å². The van der Waals surface area contributed by atoms with Gasteiger partial charge in [0.1, 0.15) is 6.07 Å². The maximum Gasteiger partial charge on any atom is 0.336 e. The molecule has 0 radical (unpaired) electrons. The molecule has 0 spiro atoms. The largest absolute Gasteiger partial charge is 0.478 e. The standard InChI is InChI=1S/C9H5Br2NO2/c10-3-6-5(9(13)14)1-2-8(11)7(6)4-12/h1-2H,3H2,(H,13,14). The van der Waals surface area contributed by atoms with Crippen LogP contribution in [0.25, 0.3) is 0 Å². The molecule has 0 aliphatic rings. The molecule has 0 fully saturated rings. The predicted octanol–water partition coefficient (Wildman–Crippen LogP) is 2.91. The van der Waals surface area contributed by atoms with Crippen LogP contribution in [0.4, 0.5) is 0 Å². The van der Waals surface area contributed by atoms with Crippen molar-refractivity contribution < 1.29 is 9.90 Å². The summed E-state index contributed by atoms with van der Waals surface area (Å²) in [5.41, 5.74) is 1.01. The normalized spacial score (nSPS) is 9.50. The molecule has 0 saturated heterocycles. The van der Waals surface area contributed by atoms with Crippen LogP contribution < -0.4 is 0 Å². The van der Waals surface area contributed by atoms with Gasteiger partial charge in [-0.1, -0.05) is 15.9 Å². The van der Waals surface area contributed by atoms with Gasteiger partial charge in [-0.2, -0.15) is 5.26 Å². The molecule has 3 nitrogen and oxygen atoms in total. The highest BCUT2D eigenvalue weighted by atomic mass is 79.9. The zero-order valence-electron chi connectivity index (χ0n) is 6.92. The number of aromatic carboxylic acids is 1. The lowest BCUT2D eigenvalue weighted by atomic mass is 10.0. The first-order valence-electron chi connectivity index (χ1n) is 3.62. The van der Waals surface area contributed by atoms with E-state index in [1.165, 1.54) is 6.07 Å². The van der Waals surface area contributed by atoms with Crippen molar-refractivity contribution in [3.05, 3.63) is 33.3 Å². The van der Waals surface area contributed by atoms with Crippen molar-refractivity contribution in [2.75, 3.05) is 0 Å². The van der Waals surface area contributed by atoms with E-state index in [9.17, 15) is 4.79 Å². The zero-order valence-corrected chi connectivity index (χ0v) is 10.1. The summed E-state index contributed by atoms with van der Waals surface area (Å²) >= 11 is 6.36. The molecule has 72 valence electrons. The highest BCUT2D eigenvalue weighted by Gasteiger charge is 2.15. The smallest absolute Gasteiger partial charge is 0.336 e. The Bertz CT molecular complexity index is 424. The molecule has 0 aliphatic heterocycles. The van der Waals surface area contributed by atoms with E-state index in [4.69, 9.17) is 10.4 Å². The number of hydrogen-bond acceptors (Lipinski definition) is 2. The summed E-state index contributed by atoms with van der Waals surface area (Å²) in [5, 5.41) is 18.0. The summed E-state index contributed by atoms with van der Waals surface area (Å²) in [6, 6.07) is 5.01. The van der Waals surface area contributed by atoms with E-state index >= 15 is 0 Å². The maximum atomic E-state index is 10.8. The fourth-order valence-corrected chi connectivity index (χ4v) is 2.12. The quantitative estimate of drug-likeness (QED) is 0.853. The molecule has 0 aliphatic carbocycles. The summed E-state index contributed by atoms with van der Waals surface area (Å²) in [6.07, 6.45) is 0. The first-order chi connectivity index (χ1) is 6.61. The Kier molecular flexibility index (Phi) is 3.67. The number of halogens is 2. The number of benzene rings is 1. The molecule has 1 aromatic carbocycles. The Morgan fingerprint density at radius 3 is 2.64 bits per heavy atom. The van der Waals surface area contributed by atoms with E-state index in [1.807, 2.05) is 6.07 Å². The van der Waals surface area contributed by atoms with Gasteiger partial charge in [-0.25, -0.2) is 4.79 Å². The Labute approximate surface area is 97.6 Å². The summed E-state index contributed by atoms with van der Waals surface area (Å²) in [6.45, 7) is 0. The van der Waals surface area contributed by atoms with Gasteiger partial charge in [-0.15, -0.1) is 0 Å². The van der Waals surface area contributed by atoms with Crippen molar-refractivity contribution in [1.29, 1.82) is 5.26 Å². The van der Waals surface area contributed by atoms with Gasteiger partial charge in [-0.05, 0) is 33.6 Å². The third-order valence-corrected chi connectivity index (χ3v) is 2.96. The van der Waals surface area contributed by atoms with Crippen LogP contribution in [0.2, 0.25) is 0 Å². The topological polar surface area (TPSA) is 61.1 Å². The number of nitrogens with zero attached hydrogens (tertiary/aromatic N) is 1. The minimum absolute atomic E-state index is 0.154. The fraction of sp³-hybridized carbons (Fsp3) is 0.111. The summed E-state index contributed by atoms with van der Waals surface area (Å²) < 4.78 is 0.611. The van der Waals surface area contributed by atoms with Crippen LogP contribution >= 0.6 is 31.9 Å². The number of carboxylic acids is 1. The van der Waals surface area contributed by atoms with E-state index in [0.717, 1.165) is 0 Å². The second-order valence-electron chi connectivity index (χ2n) is 2.50. The van der Waals surface area contributed by atoms with Crippen LogP contribution in [-0.2, 0) is 5.33 Å². The van der Waals surface area contributed by atoms with Crippen LogP contribution in [0.15, 0.2) is 16.6 Å².